The molecule has 0 unspecified atom stereocenters. The fraction of sp³-hybridized carbons (Fsp3) is 0.250. The summed E-state index contributed by atoms with van der Waals surface area (Å²) >= 11 is 0. The van der Waals surface area contributed by atoms with E-state index >= 15 is 0 Å². The molecule has 2 rings (SSSR count). The average Bonchev–Trinajstić information content (AvgIpc) is 2.58. The zero-order chi connectivity index (χ0) is 12.4. The van der Waals surface area contributed by atoms with E-state index in [1.54, 1.807) is 12.1 Å². The van der Waals surface area contributed by atoms with E-state index in [1.165, 1.54) is 0 Å². The Labute approximate surface area is 101 Å². The SMILES string of the molecule is Cc1cc(C)n(Cc2ccccc2B(O)O)n1. The second-order valence-electron chi connectivity index (χ2n) is 4.16. The van der Waals surface area contributed by atoms with Crippen LogP contribution < -0.4 is 5.46 Å². The van der Waals surface area contributed by atoms with Crippen LogP contribution in [0.2, 0.25) is 0 Å². The number of benzene rings is 1. The average molecular weight is 230 g/mol. The molecule has 0 radical (unpaired) electrons. The minimum Gasteiger partial charge on any atom is -0.423 e. The van der Waals surface area contributed by atoms with E-state index in [-0.39, 0.29) is 0 Å². The molecule has 0 amide bonds. The van der Waals surface area contributed by atoms with E-state index in [0.29, 0.717) is 12.0 Å². The first-order chi connectivity index (χ1) is 8.08. The van der Waals surface area contributed by atoms with Crippen molar-refractivity contribution < 1.29 is 10.0 Å². The first-order valence-electron chi connectivity index (χ1n) is 5.53. The zero-order valence-electron chi connectivity index (χ0n) is 9.96. The highest BCUT2D eigenvalue weighted by Crippen LogP contribution is 2.06. The molecule has 0 saturated heterocycles. The van der Waals surface area contributed by atoms with Gasteiger partial charge in [-0.3, -0.25) is 4.68 Å². The summed E-state index contributed by atoms with van der Waals surface area (Å²) in [6.07, 6.45) is 0. The molecule has 0 aliphatic rings. The maximum Gasteiger partial charge on any atom is 0.488 e. The molecule has 0 fully saturated rings. The Morgan fingerprint density at radius 3 is 2.53 bits per heavy atom. The molecule has 1 heterocycles. The monoisotopic (exact) mass is 230 g/mol. The first kappa shape index (κ1) is 11.9. The van der Waals surface area contributed by atoms with Gasteiger partial charge in [0.1, 0.15) is 0 Å². The molecule has 1 aromatic heterocycles. The van der Waals surface area contributed by atoms with Crippen molar-refractivity contribution in [2.24, 2.45) is 0 Å². The summed E-state index contributed by atoms with van der Waals surface area (Å²) in [7, 11) is -1.44. The maximum atomic E-state index is 9.28. The van der Waals surface area contributed by atoms with E-state index in [4.69, 9.17) is 0 Å². The quantitative estimate of drug-likeness (QED) is 0.742. The van der Waals surface area contributed by atoms with Gasteiger partial charge in [0.2, 0.25) is 0 Å². The van der Waals surface area contributed by atoms with Crippen molar-refractivity contribution >= 4 is 12.6 Å². The predicted octanol–water partition coefficient (Wildman–Crippen LogP) is 0.228. The van der Waals surface area contributed by atoms with Gasteiger partial charge >= 0.3 is 7.12 Å². The highest BCUT2D eigenvalue weighted by atomic mass is 16.4. The van der Waals surface area contributed by atoms with Crippen LogP contribution in [0.3, 0.4) is 0 Å². The minimum atomic E-state index is -1.44. The van der Waals surface area contributed by atoms with Crippen LogP contribution in [0.4, 0.5) is 0 Å². The Balaban J connectivity index is 2.33. The van der Waals surface area contributed by atoms with Gasteiger partial charge in [0, 0.05) is 5.69 Å². The Hall–Kier alpha value is -1.59. The van der Waals surface area contributed by atoms with Crippen LogP contribution in [0.1, 0.15) is 17.0 Å². The van der Waals surface area contributed by atoms with Crippen molar-refractivity contribution in [1.82, 2.24) is 9.78 Å². The summed E-state index contributed by atoms with van der Waals surface area (Å²) in [4.78, 5) is 0. The van der Waals surface area contributed by atoms with E-state index in [1.807, 2.05) is 36.7 Å². The Morgan fingerprint density at radius 1 is 1.24 bits per heavy atom. The molecular formula is C12H15BN2O2. The highest BCUT2D eigenvalue weighted by Gasteiger charge is 2.15. The number of aromatic nitrogens is 2. The second kappa shape index (κ2) is 4.73. The number of aryl methyl sites for hydroxylation is 2. The maximum absolute atomic E-state index is 9.28. The summed E-state index contributed by atoms with van der Waals surface area (Å²) in [6, 6.07) is 9.27. The summed E-state index contributed by atoms with van der Waals surface area (Å²) in [6.45, 7) is 4.47. The second-order valence-corrected chi connectivity index (χ2v) is 4.16. The smallest absolute Gasteiger partial charge is 0.423 e. The molecule has 17 heavy (non-hydrogen) atoms. The molecule has 1 aromatic carbocycles. The van der Waals surface area contributed by atoms with Gasteiger partial charge in [-0.1, -0.05) is 24.3 Å². The van der Waals surface area contributed by atoms with Crippen molar-refractivity contribution in [2.75, 3.05) is 0 Å². The fourth-order valence-electron chi connectivity index (χ4n) is 1.93. The van der Waals surface area contributed by atoms with Gasteiger partial charge in [-0.15, -0.1) is 0 Å². The summed E-state index contributed by atoms with van der Waals surface area (Å²) in [5.41, 5.74) is 3.42. The summed E-state index contributed by atoms with van der Waals surface area (Å²) in [5.74, 6) is 0. The molecule has 2 N–H and O–H groups in total. The number of nitrogens with zero attached hydrogens (tertiary/aromatic N) is 2. The summed E-state index contributed by atoms with van der Waals surface area (Å²) in [5, 5.41) is 22.9. The third-order valence-electron chi connectivity index (χ3n) is 2.76. The standard InChI is InChI=1S/C12H15BN2O2/c1-9-7-10(2)15(14-9)8-11-5-3-4-6-12(11)13(16)17/h3-7,16-17H,8H2,1-2H3. The first-order valence-corrected chi connectivity index (χ1v) is 5.53. The lowest BCUT2D eigenvalue weighted by Crippen LogP contribution is -2.33. The molecular weight excluding hydrogens is 215 g/mol. The van der Waals surface area contributed by atoms with Gasteiger partial charge in [0.05, 0.1) is 12.2 Å². The van der Waals surface area contributed by atoms with Crippen LogP contribution in [0.5, 0.6) is 0 Å². The predicted molar refractivity (Wildman–Crippen MR) is 67.1 cm³/mol. The van der Waals surface area contributed by atoms with Gasteiger partial charge in [-0.25, -0.2) is 0 Å². The van der Waals surface area contributed by atoms with Crippen molar-refractivity contribution in [2.45, 2.75) is 20.4 Å². The fourth-order valence-corrected chi connectivity index (χ4v) is 1.93. The molecule has 5 heteroatoms. The van der Waals surface area contributed by atoms with Crippen LogP contribution in [0.25, 0.3) is 0 Å². The van der Waals surface area contributed by atoms with Gasteiger partial charge in [-0.2, -0.15) is 5.10 Å². The van der Waals surface area contributed by atoms with Crippen molar-refractivity contribution in [3.8, 4) is 0 Å². The molecule has 0 spiro atoms. The van der Waals surface area contributed by atoms with Gasteiger partial charge in [0.15, 0.2) is 0 Å². The largest absolute Gasteiger partial charge is 0.488 e. The Bertz CT molecular complexity index is 523. The Kier molecular flexibility index (Phi) is 3.31. The van der Waals surface area contributed by atoms with Gasteiger partial charge < -0.3 is 10.0 Å². The molecule has 0 aliphatic carbocycles. The van der Waals surface area contributed by atoms with E-state index in [9.17, 15) is 10.0 Å². The van der Waals surface area contributed by atoms with Crippen LogP contribution in [0.15, 0.2) is 30.3 Å². The van der Waals surface area contributed by atoms with Gasteiger partial charge in [-0.05, 0) is 30.9 Å². The number of rotatable bonds is 3. The Morgan fingerprint density at radius 2 is 1.94 bits per heavy atom. The van der Waals surface area contributed by atoms with Crippen molar-refractivity contribution in [1.29, 1.82) is 0 Å². The van der Waals surface area contributed by atoms with Crippen LogP contribution >= 0.6 is 0 Å². The van der Waals surface area contributed by atoms with Gasteiger partial charge in [0.25, 0.3) is 0 Å². The molecule has 0 atom stereocenters. The van der Waals surface area contributed by atoms with Crippen LogP contribution in [-0.2, 0) is 6.54 Å². The van der Waals surface area contributed by atoms with E-state index in [0.717, 1.165) is 17.0 Å². The highest BCUT2D eigenvalue weighted by molar-refractivity contribution is 6.59. The van der Waals surface area contributed by atoms with Crippen molar-refractivity contribution in [3.05, 3.63) is 47.3 Å². The van der Waals surface area contributed by atoms with Crippen LogP contribution in [-0.4, -0.2) is 26.9 Å². The molecule has 88 valence electrons. The third-order valence-corrected chi connectivity index (χ3v) is 2.76. The van der Waals surface area contributed by atoms with Crippen LogP contribution in [0, 0.1) is 13.8 Å². The molecule has 0 saturated carbocycles. The molecule has 2 aromatic rings. The zero-order valence-corrected chi connectivity index (χ0v) is 9.96. The topological polar surface area (TPSA) is 58.3 Å². The number of hydrogen-bond acceptors (Lipinski definition) is 3. The third kappa shape index (κ3) is 2.57. The lowest BCUT2D eigenvalue weighted by molar-refractivity contribution is 0.425. The number of hydrogen-bond donors (Lipinski definition) is 2. The van der Waals surface area contributed by atoms with E-state index in [2.05, 4.69) is 5.10 Å². The molecule has 4 nitrogen and oxygen atoms in total. The molecule has 0 aliphatic heterocycles. The molecule has 0 bridgehead atoms. The van der Waals surface area contributed by atoms with Crippen molar-refractivity contribution in [3.63, 3.8) is 0 Å². The normalized spacial score (nSPS) is 10.6. The summed E-state index contributed by atoms with van der Waals surface area (Å²) < 4.78 is 1.86. The lowest BCUT2D eigenvalue weighted by Gasteiger charge is -2.09. The van der Waals surface area contributed by atoms with E-state index < -0.39 is 7.12 Å². The lowest BCUT2D eigenvalue weighted by atomic mass is 9.77. The minimum absolute atomic E-state index is 0.528.